The fourth-order valence-corrected chi connectivity index (χ4v) is 3.11. The number of fused-ring (bicyclic) bond motifs is 1. The average molecular weight is 324 g/mol. The summed E-state index contributed by atoms with van der Waals surface area (Å²) in [6.07, 6.45) is 0. The van der Waals surface area contributed by atoms with E-state index in [1.807, 2.05) is 49.4 Å². The third-order valence-electron chi connectivity index (χ3n) is 3.44. The van der Waals surface area contributed by atoms with Crippen LogP contribution in [0.15, 0.2) is 58.5 Å². The third kappa shape index (κ3) is 3.19. The number of nitrogens with zero attached hydrogens (tertiary/aromatic N) is 2. The van der Waals surface area contributed by atoms with Gasteiger partial charge in [0, 0.05) is 0 Å². The van der Waals surface area contributed by atoms with Gasteiger partial charge in [-0.25, -0.2) is 4.98 Å². The summed E-state index contributed by atoms with van der Waals surface area (Å²) in [5.41, 5.74) is 2.40. The van der Waals surface area contributed by atoms with Crippen molar-refractivity contribution in [1.82, 2.24) is 9.55 Å². The molecule has 0 amide bonds. The van der Waals surface area contributed by atoms with Crippen LogP contribution in [-0.2, 0) is 4.79 Å². The molecule has 4 nitrogen and oxygen atoms in total. The van der Waals surface area contributed by atoms with E-state index in [2.05, 4.69) is 4.98 Å². The van der Waals surface area contributed by atoms with Crippen LogP contribution in [0.5, 0.6) is 0 Å². The highest BCUT2D eigenvalue weighted by molar-refractivity contribution is 7.99. The summed E-state index contributed by atoms with van der Waals surface area (Å²) in [6, 6.07) is 15.0. The highest BCUT2D eigenvalue weighted by atomic mass is 32.2. The number of carbonyl (C=O) groups excluding carboxylic acids is 1. The van der Waals surface area contributed by atoms with Gasteiger partial charge in [0.1, 0.15) is 5.78 Å². The number of hydrogen-bond donors (Lipinski definition) is 0. The van der Waals surface area contributed by atoms with Gasteiger partial charge >= 0.3 is 0 Å². The lowest BCUT2D eigenvalue weighted by atomic mass is 10.2. The first kappa shape index (κ1) is 15.5. The lowest BCUT2D eigenvalue weighted by molar-refractivity contribution is -0.114. The van der Waals surface area contributed by atoms with E-state index >= 15 is 0 Å². The minimum Gasteiger partial charge on any atom is -0.299 e. The molecule has 0 fully saturated rings. The average Bonchev–Trinajstić information content (AvgIpc) is 2.54. The summed E-state index contributed by atoms with van der Waals surface area (Å²) in [5, 5.41) is 1.10. The molecule has 5 heteroatoms. The second-order valence-electron chi connectivity index (χ2n) is 5.38. The van der Waals surface area contributed by atoms with Crippen LogP contribution in [0.25, 0.3) is 16.6 Å². The molecule has 116 valence electrons. The Hall–Kier alpha value is -2.40. The molecule has 0 aliphatic rings. The fourth-order valence-electron chi connectivity index (χ4n) is 2.30. The zero-order chi connectivity index (χ0) is 16.4. The van der Waals surface area contributed by atoms with Crippen molar-refractivity contribution in [2.75, 3.05) is 5.75 Å². The topological polar surface area (TPSA) is 52.0 Å². The molecule has 23 heavy (non-hydrogen) atoms. The molecular formula is C18H16N2O2S. The molecule has 0 atom stereocenters. The Labute approximate surface area is 138 Å². The highest BCUT2D eigenvalue weighted by Crippen LogP contribution is 2.21. The Morgan fingerprint density at radius 2 is 1.83 bits per heavy atom. The third-order valence-corrected chi connectivity index (χ3v) is 4.52. The molecule has 0 radical (unpaired) electrons. The number of carbonyl (C=O) groups is 1. The monoisotopic (exact) mass is 324 g/mol. The molecule has 1 heterocycles. The maximum atomic E-state index is 12.9. The van der Waals surface area contributed by atoms with Crippen LogP contribution in [-0.4, -0.2) is 21.1 Å². The number of rotatable bonds is 4. The number of ketones is 1. The van der Waals surface area contributed by atoms with Crippen molar-refractivity contribution >= 4 is 28.4 Å². The molecule has 0 saturated carbocycles. The minimum absolute atomic E-state index is 0.0489. The fraction of sp³-hybridized carbons (Fsp3) is 0.167. The number of para-hydroxylation sites is 1. The van der Waals surface area contributed by atoms with Gasteiger partial charge in [0.25, 0.3) is 5.56 Å². The standard InChI is InChI=1S/C18H16N2O2S/c1-12-7-9-14(10-8-12)20-17(22)15-5-3-4-6-16(15)19-18(20)23-11-13(2)21/h3-10H,11H2,1-2H3. The van der Waals surface area contributed by atoms with E-state index in [0.717, 1.165) is 11.3 Å². The van der Waals surface area contributed by atoms with Gasteiger partial charge in [-0.15, -0.1) is 0 Å². The van der Waals surface area contributed by atoms with Crippen LogP contribution in [0, 0.1) is 6.92 Å². The van der Waals surface area contributed by atoms with Gasteiger partial charge in [-0.2, -0.15) is 0 Å². The van der Waals surface area contributed by atoms with Gasteiger partial charge < -0.3 is 0 Å². The van der Waals surface area contributed by atoms with Crippen LogP contribution in [0.2, 0.25) is 0 Å². The molecule has 3 rings (SSSR count). The summed E-state index contributed by atoms with van der Waals surface area (Å²) < 4.78 is 1.58. The summed E-state index contributed by atoms with van der Waals surface area (Å²) in [4.78, 5) is 28.8. The van der Waals surface area contributed by atoms with Gasteiger partial charge in [0.2, 0.25) is 0 Å². The van der Waals surface area contributed by atoms with Gasteiger partial charge in [-0.3, -0.25) is 14.2 Å². The van der Waals surface area contributed by atoms with E-state index in [4.69, 9.17) is 0 Å². The Morgan fingerprint density at radius 3 is 2.52 bits per heavy atom. The summed E-state index contributed by atoms with van der Waals surface area (Å²) >= 11 is 1.29. The lowest BCUT2D eigenvalue weighted by Crippen LogP contribution is -2.22. The number of hydrogen-bond acceptors (Lipinski definition) is 4. The van der Waals surface area contributed by atoms with Gasteiger partial charge in [0.15, 0.2) is 5.16 Å². The van der Waals surface area contributed by atoms with Crippen molar-refractivity contribution in [1.29, 1.82) is 0 Å². The van der Waals surface area contributed by atoms with Crippen molar-refractivity contribution in [3.8, 4) is 5.69 Å². The van der Waals surface area contributed by atoms with Crippen molar-refractivity contribution in [3.05, 3.63) is 64.4 Å². The van der Waals surface area contributed by atoms with Gasteiger partial charge in [-0.1, -0.05) is 41.6 Å². The molecule has 2 aromatic carbocycles. The molecule has 3 aromatic rings. The molecular weight excluding hydrogens is 308 g/mol. The van der Waals surface area contributed by atoms with Crippen molar-refractivity contribution in [3.63, 3.8) is 0 Å². The Bertz CT molecular complexity index is 930. The molecule has 0 aliphatic heterocycles. The lowest BCUT2D eigenvalue weighted by Gasteiger charge is -2.13. The van der Waals surface area contributed by atoms with Crippen molar-refractivity contribution in [2.24, 2.45) is 0 Å². The van der Waals surface area contributed by atoms with E-state index in [-0.39, 0.29) is 17.1 Å². The van der Waals surface area contributed by atoms with Crippen molar-refractivity contribution in [2.45, 2.75) is 19.0 Å². The Balaban J connectivity index is 2.25. The van der Waals surface area contributed by atoms with E-state index in [9.17, 15) is 9.59 Å². The first-order valence-electron chi connectivity index (χ1n) is 7.27. The smallest absolute Gasteiger partial charge is 0.266 e. The van der Waals surface area contributed by atoms with Crippen LogP contribution in [0.3, 0.4) is 0 Å². The number of aryl methyl sites for hydroxylation is 1. The van der Waals surface area contributed by atoms with Gasteiger partial charge in [-0.05, 0) is 38.1 Å². The first-order valence-corrected chi connectivity index (χ1v) is 8.26. The quantitative estimate of drug-likeness (QED) is 0.545. The SMILES string of the molecule is CC(=O)CSc1nc2ccccc2c(=O)n1-c1ccc(C)cc1. The molecule has 0 bridgehead atoms. The van der Waals surface area contributed by atoms with E-state index in [0.29, 0.717) is 16.1 Å². The first-order chi connectivity index (χ1) is 11.1. The van der Waals surface area contributed by atoms with E-state index in [1.165, 1.54) is 18.7 Å². The van der Waals surface area contributed by atoms with E-state index in [1.54, 1.807) is 10.6 Å². The van der Waals surface area contributed by atoms with Crippen LogP contribution in [0.1, 0.15) is 12.5 Å². The number of benzene rings is 2. The number of aromatic nitrogens is 2. The van der Waals surface area contributed by atoms with Crippen LogP contribution in [0.4, 0.5) is 0 Å². The summed E-state index contributed by atoms with van der Waals surface area (Å²) in [7, 11) is 0. The van der Waals surface area contributed by atoms with Crippen molar-refractivity contribution < 1.29 is 4.79 Å². The highest BCUT2D eigenvalue weighted by Gasteiger charge is 2.13. The number of thioether (sulfide) groups is 1. The molecule has 1 aromatic heterocycles. The summed E-state index contributed by atoms with van der Waals surface area (Å²) in [6.45, 7) is 3.53. The normalized spacial score (nSPS) is 10.9. The molecule has 0 unspecified atom stereocenters. The zero-order valence-electron chi connectivity index (χ0n) is 12.9. The molecule has 0 N–H and O–H groups in total. The predicted molar refractivity (Wildman–Crippen MR) is 93.5 cm³/mol. The maximum absolute atomic E-state index is 12.9. The maximum Gasteiger partial charge on any atom is 0.266 e. The predicted octanol–water partition coefficient (Wildman–Crippen LogP) is 3.38. The largest absolute Gasteiger partial charge is 0.299 e. The zero-order valence-corrected chi connectivity index (χ0v) is 13.8. The van der Waals surface area contributed by atoms with Crippen LogP contribution < -0.4 is 5.56 Å². The number of Topliss-reactive ketones (excluding diaryl/α,β-unsaturated/α-hetero) is 1. The molecule has 0 saturated heterocycles. The minimum atomic E-state index is -0.120. The second kappa shape index (κ2) is 6.38. The Kier molecular flexibility index (Phi) is 4.30. The molecule has 0 spiro atoms. The second-order valence-corrected chi connectivity index (χ2v) is 6.32. The van der Waals surface area contributed by atoms with Crippen LogP contribution >= 0.6 is 11.8 Å². The molecule has 0 aliphatic carbocycles. The van der Waals surface area contributed by atoms with E-state index < -0.39 is 0 Å². The summed E-state index contributed by atoms with van der Waals surface area (Å²) in [5.74, 6) is 0.337. The Morgan fingerprint density at radius 1 is 1.13 bits per heavy atom. The van der Waals surface area contributed by atoms with Gasteiger partial charge in [0.05, 0.1) is 22.3 Å².